The predicted octanol–water partition coefficient (Wildman–Crippen LogP) is 2.13. The van der Waals surface area contributed by atoms with E-state index in [9.17, 15) is 23.1 Å². The van der Waals surface area contributed by atoms with E-state index >= 15 is 0 Å². The van der Waals surface area contributed by atoms with Crippen LogP contribution in [0.5, 0.6) is 0 Å². The summed E-state index contributed by atoms with van der Waals surface area (Å²) in [6.45, 7) is 2.09. The van der Waals surface area contributed by atoms with E-state index in [4.69, 9.17) is 15.2 Å². The fraction of sp³-hybridized carbons (Fsp3) is 0.526. The number of hydrogen-bond donors (Lipinski definition) is 2. The monoisotopic (exact) mass is 454 g/mol. The number of cyclic esters (lactones) is 1. The molecule has 4 rings (SSSR count). The normalized spacial score (nSPS) is 22.3. The Balaban J connectivity index is 1.88. The van der Waals surface area contributed by atoms with Gasteiger partial charge in [-0.1, -0.05) is 0 Å². The van der Waals surface area contributed by atoms with Gasteiger partial charge in [0.2, 0.25) is 5.95 Å². The zero-order valence-electron chi connectivity index (χ0n) is 17.0. The zero-order valence-corrected chi connectivity index (χ0v) is 17.0. The van der Waals surface area contributed by atoms with Crippen LogP contribution in [0.2, 0.25) is 0 Å². The lowest BCUT2D eigenvalue weighted by Crippen LogP contribution is -2.39. The number of anilines is 2. The molecular weight excluding hydrogens is 433 g/mol. The first kappa shape index (κ1) is 22.1. The highest BCUT2D eigenvalue weighted by Gasteiger charge is 2.42. The number of nitrogens with two attached hydrogens (primary N) is 1. The second-order valence-corrected chi connectivity index (χ2v) is 7.55. The van der Waals surface area contributed by atoms with Gasteiger partial charge in [-0.15, -0.1) is 0 Å². The number of rotatable bonds is 4. The molecule has 0 aliphatic carbocycles. The quantitative estimate of drug-likeness (QED) is 0.712. The summed E-state index contributed by atoms with van der Waals surface area (Å²) in [6.07, 6.45) is -4.13. The summed E-state index contributed by atoms with van der Waals surface area (Å²) in [5.74, 6) is -0.433. The molecule has 4 heterocycles. The van der Waals surface area contributed by atoms with E-state index in [2.05, 4.69) is 19.9 Å². The average molecular weight is 454 g/mol. The number of amides is 1. The second-order valence-electron chi connectivity index (χ2n) is 7.55. The second kappa shape index (κ2) is 8.47. The number of alkyl halides is 3. The van der Waals surface area contributed by atoms with Crippen molar-refractivity contribution in [3.63, 3.8) is 0 Å². The van der Waals surface area contributed by atoms with Gasteiger partial charge in [-0.25, -0.2) is 24.7 Å². The maximum absolute atomic E-state index is 13.7. The number of aliphatic hydroxyl groups is 1. The molecule has 1 amide bonds. The van der Waals surface area contributed by atoms with Gasteiger partial charge in [0, 0.05) is 37.0 Å². The molecule has 172 valence electrons. The van der Waals surface area contributed by atoms with Gasteiger partial charge in [-0.2, -0.15) is 13.2 Å². The molecule has 3 N–H and O–H groups in total. The van der Waals surface area contributed by atoms with Gasteiger partial charge in [0.25, 0.3) is 0 Å². The molecule has 2 fully saturated rings. The Morgan fingerprint density at radius 3 is 2.62 bits per heavy atom. The molecule has 0 bridgehead atoms. The summed E-state index contributed by atoms with van der Waals surface area (Å²) in [6, 6.07) is 0.479. The Morgan fingerprint density at radius 1 is 1.25 bits per heavy atom. The highest BCUT2D eigenvalue weighted by atomic mass is 19.4. The van der Waals surface area contributed by atoms with E-state index < -0.39 is 48.2 Å². The maximum atomic E-state index is 13.7. The van der Waals surface area contributed by atoms with Crippen LogP contribution in [0.1, 0.15) is 37.2 Å². The summed E-state index contributed by atoms with van der Waals surface area (Å²) in [5, 5.41) is 9.76. The van der Waals surface area contributed by atoms with Gasteiger partial charge >= 0.3 is 12.3 Å². The molecule has 2 aromatic heterocycles. The molecule has 10 nitrogen and oxygen atoms in total. The molecule has 2 aliphatic rings. The van der Waals surface area contributed by atoms with E-state index in [0.717, 1.165) is 11.1 Å². The van der Waals surface area contributed by atoms with E-state index in [1.807, 2.05) is 0 Å². The van der Waals surface area contributed by atoms with Crippen molar-refractivity contribution < 1.29 is 32.5 Å². The summed E-state index contributed by atoms with van der Waals surface area (Å²) in [4.78, 5) is 29.5. The Morgan fingerprint density at radius 2 is 1.97 bits per heavy atom. The molecule has 13 heteroatoms. The van der Waals surface area contributed by atoms with Crippen molar-refractivity contribution in [2.45, 2.75) is 44.0 Å². The molecular formula is C19H21F3N6O4. The number of ether oxygens (including phenoxy) is 2. The molecule has 2 aliphatic heterocycles. The number of halogens is 3. The molecule has 32 heavy (non-hydrogen) atoms. The summed E-state index contributed by atoms with van der Waals surface area (Å²) >= 11 is 0. The fourth-order valence-corrected chi connectivity index (χ4v) is 3.78. The maximum Gasteiger partial charge on any atom is 0.434 e. The van der Waals surface area contributed by atoms with Gasteiger partial charge in [0.15, 0.2) is 5.69 Å². The summed E-state index contributed by atoms with van der Waals surface area (Å²) in [7, 11) is 0. The van der Waals surface area contributed by atoms with E-state index in [1.54, 1.807) is 6.92 Å². The van der Waals surface area contributed by atoms with Crippen LogP contribution in [0.25, 0.3) is 11.3 Å². The Kier molecular flexibility index (Phi) is 5.86. The molecule has 0 unspecified atom stereocenters. The molecule has 0 radical (unpaired) electrons. The first-order valence-electron chi connectivity index (χ1n) is 9.96. The van der Waals surface area contributed by atoms with Crippen molar-refractivity contribution in [1.29, 1.82) is 0 Å². The molecule has 2 atom stereocenters. The lowest BCUT2D eigenvalue weighted by Gasteiger charge is -2.25. The first-order chi connectivity index (χ1) is 15.2. The van der Waals surface area contributed by atoms with E-state index in [1.165, 1.54) is 6.07 Å². The standard InChI is InChI=1S/C19H21F3N6O4/c1-9-13(8-29)28(18(30)32-9)14-6-12(25-16(26-14)10-2-4-31-5-3-10)11-7-24-17(23)27-15(11)19(20,21)22/h6-7,9-10,13,29H,2-5,8H2,1H3,(H2,23,24,27)/t9-,13+/m1/s1. The van der Waals surface area contributed by atoms with Crippen LogP contribution in [-0.4, -0.2) is 63.1 Å². The number of carbonyl (C=O) groups excluding carboxylic acids is 1. The van der Waals surface area contributed by atoms with E-state index in [-0.39, 0.29) is 23.3 Å². The van der Waals surface area contributed by atoms with Gasteiger partial charge in [0.1, 0.15) is 23.8 Å². The number of aliphatic hydroxyl groups excluding tert-OH is 1. The third-order valence-electron chi connectivity index (χ3n) is 5.46. The highest BCUT2D eigenvalue weighted by molar-refractivity contribution is 5.90. The van der Waals surface area contributed by atoms with Crippen LogP contribution < -0.4 is 10.6 Å². The summed E-state index contributed by atoms with van der Waals surface area (Å²) in [5.41, 5.74) is 3.62. The number of carbonyl (C=O) groups is 1. The molecule has 0 spiro atoms. The van der Waals surface area contributed by atoms with Crippen molar-refractivity contribution in [2.24, 2.45) is 0 Å². The third-order valence-corrected chi connectivity index (χ3v) is 5.46. The average Bonchev–Trinajstić information content (AvgIpc) is 3.06. The highest BCUT2D eigenvalue weighted by Crippen LogP contribution is 2.38. The SMILES string of the molecule is C[C@H]1OC(=O)N(c2cc(-c3cnc(N)nc3C(F)(F)F)nc(C3CCOCC3)n2)[C@H]1CO. The number of nitrogens with zero attached hydrogens (tertiary/aromatic N) is 5. The minimum atomic E-state index is -4.81. The van der Waals surface area contributed by atoms with Crippen LogP contribution in [0.15, 0.2) is 12.3 Å². The lowest BCUT2D eigenvalue weighted by atomic mass is 9.99. The van der Waals surface area contributed by atoms with Crippen LogP contribution >= 0.6 is 0 Å². The molecule has 2 saturated heterocycles. The topological polar surface area (TPSA) is 137 Å². The number of aromatic nitrogens is 4. The van der Waals surface area contributed by atoms with Crippen molar-refractivity contribution in [3.8, 4) is 11.3 Å². The Bertz CT molecular complexity index is 1020. The third kappa shape index (κ3) is 4.17. The van der Waals surface area contributed by atoms with E-state index in [0.29, 0.717) is 26.1 Å². The predicted molar refractivity (Wildman–Crippen MR) is 105 cm³/mol. The fourth-order valence-electron chi connectivity index (χ4n) is 3.78. The largest absolute Gasteiger partial charge is 0.444 e. The van der Waals surface area contributed by atoms with Crippen molar-refractivity contribution in [1.82, 2.24) is 19.9 Å². The number of hydrogen-bond acceptors (Lipinski definition) is 9. The lowest BCUT2D eigenvalue weighted by molar-refractivity contribution is -0.140. The smallest absolute Gasteiger partial charge is 0.434 e. The molecule has 2 aromatic rings. The Hall–Kier alpha value is -3.06. The number of nitrogen functional groups attached to an aromatic ring is 1. The minimum Gasteiger partial charge on any atom is -0.444 e. The zero-order chi connectivity index (χ0) is 23.0. The molecule has 0 saturated carbocycles. The van der Waals surface area contributed by atoms with Gasteiger partial charge in [-0.05, 0) is 19.8 Å². The van der Waals surface area contributed by atoms with Gasteiger partial charge < -0.3 is 20.3 Å². The van der Waals surface area contributed by atoms with Gasteiger partial charge in [-0.3, -0.25) is 4.90 Å². The van der Waals surface area contributed by atoms with Crippen LogP contribution in [0.4, 0.5) is 29.7 Å². The van der Waals surface area contributed by atoms with Gasteiger partial charge in [0.05, 0.1) is 12.3 Å². The van der Waals surface area contributed by atoms with Crippen LogP contribution in [0.3, 0.4) is 0 Å². The van der Waals surface area contributed by atoms with Crippen molar-refractivity contribution in [2.75, 3.05) is 30.5 Å². The molecule has 0 aromatic carbocycles. The summed E-state index contributed by atoms with van der Waals surface area (Å²) < 4.78 is 51.6. The van der Waals surface area contributed by atoms with Crippen LogP contribution in [0, 0.1) is 0 Å². The minimum absolute atomic E-state index is 0.0230. The first-order valence-corrected chi connectivity index (χ1v) is 9.96. The van der Waals surface area contributed by atoms with Crippen molar-refractivity contribution in [3.05, 3.63) is 23.8 Å². The van der Waals surface area contributed by atoms with Crippen molar-refractivity contribution >= 4 is 17.9 Å². The Labute approximate surface area is 180 Å². The van der Waals surface area contributed by atoms with Crippen LogP contribution in [-0.2, 0) is 15.7 Å².